The van der Waals surface area contributed by atoms with Crippen LogP contribution in [0.1, 0.15) is 36.2 Å². The van der Waals surface area contributed by atoms with E-state index in [4.69, 9.17) is 5.73 Å². The molecule has 0 bridgehead atoms. The van der Waals surface area contributed by atoms with Crippen molar-refractivity contribution in [1.29, 1.82) is 0 Å². The maximum absolute atomic E-state index is 13.2. The molecule has 0 aliphatic carbocycles. The molecule has 3 rings (SSSR count). The molecule has 152 valence electrons. The molecule has 1 aliphatic heterocycles. The second-order valence-electron chi connectivity index (χ2n) is 7.38. The summed E-state index contributed by atoms with van der Waals surface area (Å²) in [6.45, 7) is 4.34. The Morgan fingerprint density at radius 2 is 1.89 bits per heavy atom. The lowest BCUT2D eigenvalue weighted by Crippen LogP contribution is -2.48. The molecule has 6 nitrogen and oxygen atoms in total. The Morgan fingerprint density at radius 3 is 2.61 bits per heavy atom. The first kappa shape index (κ1) is 22.2. The van der Waals surface area contributed by atoms with Crippen LogP contribution in [0.4, 0.5) is 5.69 Å². The molecule has 1 amide bonds. The number of aryl methyl sites for hydroxylation is 1. The van der Waals surface area contributed by atoms with Gasteiger partial charge in [-0.3, -0.25) is 9.10 Å². The molecule has 1 heterocycles. The number of anilines is 1. The summed E-state index contributed by atoms with van der Waals surface area (Å²) in [5.74, 6) is -0.346. The van der Waals surface area contributed by atoms with E-state index in [2.05, 4.69) is 5.32 Å². The minimum atomic E-state index is -3.75. The van der Waals surface area contributed by atoms with E-state index in [0.717, 1.165) is 18.4 Å². The van der Waals surface area contributed by atoms with Crippen LogP contribution in [0.15, 0.2) is 53.4 Å². The highest BCUT2D eigenvalue weighted by Gasteiger charge is 2.29. The van der Waals surface area contributed by atoms with Gasteiger partial charge in [-0.15, -0.1) is 12.4 Å². The number of sulfonamides is 1. The van der Waals surface area contributed by atoms with Gasteiger partial charge in [0, 0.05) is 24.2 Å². The zero-order valence-corrected chi connectivity index (χ0v) is 17.6. The van der Waals surface area contributed by atoms with E-state index in [9.17, 15) is 13.2 Å². The van der Waals surface area contributed by atoms with Crippen molar-refractivity contribution in [2.75, 3.05) is 17.4 Å². The van der Waals surface area contributed by atoms with Crippen molar-refractivity contribution in [3.8, 4) is 0 Å². The maximum Gasteiger partial charge on any atom is 0.264 e. The Morgan fingerprint density at radius 1 is 1.18 bits per heavy atom. The number of nitrogens with one attached hydrogen (secondary N) is 1. The first-order valence-corrected chi connectivity index (χ1v) is 10.4. The van der Waals surface area contributed by atoms with Crippen molar-refractivity contribution < 1.29 is 13.2 Å². The summed E-state index contributed by atoms with van der Waals surface area (Å²) in [6.07, 6.45) is 1.62. The topological polar surface area (TPSA) is 92.5 Å². The minimum absolute atomic E-state index is 0. The molecule has 0 unspecified atom stereocenters. The average molecular weight is 424 g/mol. The van der Waals surface area contributed by atoms with Crippen LogP contribution < -0.4 is 15.4 Å². The number of benzene rings is 2. The van der Waals surface area contributed by atoms with Gasteiger partial charge in [0.2, 0.25) is 0 Å². The van der Waals surface area contributed by atoms with Gasteiger partial charge < -0.3 is 11.1 Å². The first-order chi connectivity index (χ1) is 12.7. The quantitative estimate of drug-likeness (QED) is 0.773. The molecule has 8 heteroatoms. The summed E-state index contributed by atoms with van der Waals surface area (Å²) < 4.78 is 27.9. The van der Waals surface area contributed by atoms with E-state index in [1.165, 1.54) is 16.4 Å². The van der Waals surface area contributed by atoms with Crippen molar-refractivity contribution in [2.45, 2.75) is 37.1 Å². The van der Waals surface area contributed by atoms with Crippen molar-refractivity contribution >= 4 is 34.0 Å². The lowest BCUT2D eigenvalue weighted by atomic mass is 10.0. The van der Waals surface area contributed by atoms with Gasteiger partial charge >= 0.3 is 0 Å². The minimum Gasteiger partial charge on any atom is -0.346 e. The predicted molar refractivity (Wildman–Crippen MR) is 114 cm³/mol. The fourth-order valence-electron chi connectivity index (χ4n) is 3.10. The Kier molecular flexibility index (Phi) is 6.75. The molecule has 0 fully saturated rings. The van der Waals surface area contributed by atoms with Gasteiger partial charge in [-0.05, 0) is 56.5 Å². The molecule has 3 N–H and O–H groups in total. The van der Waals surface area contributed by atoms with Gasteiger partial charge in [0.1, 0.15) is 0 Å². The fourth-order valence-corrected chi connectivity index (χ4v) is 4.69. The van der Waals surface area contributed by atoms with E-state index in [1.54, 1.807) is 12.1 Å². The van der Waals surface area contributed by atoms with Crippen LogP contribution >= 0.6 is 12.4 Å². The highest BCUT2D eigenvalue weighted by atomic mass is 35.5. The van der Waals surface area contributed by atoms with Crippen molar-refractivity contribution in [2.24, 2.45) is 5.73 Å². The number of hydrogen-bond donors (Lipinski definition) is 2. The molecular formula is C20H26ClN3O3S. The number of amides is 1. The number of nitrogens with zero attached hydrogens (tertiary/aromatic N) is 1. The van der Waals surface area contributed by atoms with Gasteiger partial charge in [0.05, 0.1) is 10.6 Å². The molecule has 0 saturated heterocycles. The van der Waals surface area contributed by atoms with Crippen LogP contribution in [0.2, 0.25) is 0 Å². The van der Waals surface area contributed by atoms with E-state index in [-0.39, 0.29) is 29.8 Å². The van der Waals surface area contributed by atoms with Crippen LogP contribution in [0.5, 0.6) is 0 Å². The number of hydrogen-bond acceptors (Lipinski definition) is 4. The standard InChI is InChI=1S/C20H25N3O3S.ClH/c1-20(2,14-21)22-19(24)16-8-5-10-17(13-16)27(25,26)23-12-6-9-15-7-3-4-11-18(15)23;/h3-5,7-8,10-11,13H,6,9,12,14,21H2,1-2H3,(H,22,24);1H. The third-order valence-electron chi connectivity index (χ3n) is 4.71. The normalized spacial score (nSPS) is 14.0. The number of nitrogens with two attached hydrogens (primary N) is 1. The number of rotatable bonds is 5. The molecule has 0 aromatic heterocycles. The molecule has 28 heavy (non-hydrogen) atoms. The largest absolute Gasteiger partial charge is 0.346 e. The van der Waals surface area contributed by atoms with Gasteiger partial charge in [-0.1, -0.05) is 24.3 Å². The number of carbonyl (C=O) groups excluding carboxylic acids is 1. The SMILES string of the molecule is CC(C)(CN)NC(=O)c1cccc(S(=O)(=O)N2CCCc3ccccc32)c1.Cl. The summed E-state index contributed by atoms with van der Waals surface area (Å²) >= 11 is 0. The number of para-hydroxylation sites is 1. The van der Waals surface area contributed by atoms with Crippen LogP contribution in [0, 0.1) is 0 Å². The van der Waals surface area contributed by atoms with Gasteiger partial charge in [0.15, 0.2) is 0 Å². The maximum atomic E-state index is 13.2. The van der Waals surface area contributed by atoms with Crippen molar-refractivity contribution in [3.63, 3.8) is 0 Å². The molecule has 2 aromatic rings. The summed E-state index contributed by atoms with van der Waals surface area (Å²) in [6, 6.07) is 13.7. The smallest absolute Gasteiger partial charge is 0.264 e. The molecule has 0 spiro atoms. The lowest BCUT2D eigenvalue weighted by Gasteiger charge is -2.30. The van der Waals surface area contributed by atoms with Gasteiger partial charge in [0.25, 0.3) is 15.9 Å². The second kappa shape index (κ2) is 8.51. The van der Waals surface area contributed by atoms with Crippen LogP contribution in [-0.4, -0.2) is 33.0 Å². The Labute approximate surface area is 172 Å². The second-order valence-corrected chi connectivity index (χ2v) is 9.24. The molecule has 0 atom stereocenters. The third-order valence-corrected chi connectivity index (χ3v) is 6.52. The molecule has 0 radical (unpaired) electrons. The summed E-state index contributed by atoms with van der Waals surface area (Å²) in [7, 11) is -3.75. The Hall–Kier alpha value is -2.09. The number of halogens is 1. The lowest BCUT2D eigenvalue weighted by molar-refractivity contribution is 0.0915. The van der Waals surface area contributed by atoms with Crippen LogP contribution in [0.25, 0.3) is 0 Å². The third kappa shape index (κ3) is 4.48. The first-order valence-electron chi connectivity index (χ1n) is 8.98. The zero-order valence-electron chi connectivity index (χ0n) is 16.0. The highest BCUT2D eigenvalue weighted by Crippen LogP contribution is 2.31. The van der Waals surface area contributed by atoms with E-state index >= 15 is 0 Å². The molecular weight excluding hydrogens is 398 g/mol. The van der Waals surface area contributed by atoms with Crippen molar-refractivity contribution in [1.82, 2.24) is 5.32 Å². The summed E-state index contributed by atoms with van der Waals surface area (Å²) in [5.41, 5.74) is 7.11. The zero-order chi connectivity index (χ0) is 19.7. The van der Waals surface area contributed by atoms with Crippen LogP contribution in [-0.2, 0) is 16.4 Å². The number of fused-ring (bicyclic) bond motifs is 1. The Balaban J connectivity index is 0.00000280. The predicted octanol–water partition coefficient (Wildman–Crippen LogP) is 2.72. The van der Waals surface area contributed by atoms with Gasteiger partial charge in [-0.2, -0.15) is 0 Å². The average Bonchev–Trinajstić information content (AvgIpc) is 2.67. The Bertz CT molecular complexity index is 961. The monoisotopic (exact) mass is 423 g/mol. The molecule has 2 aromatic carbocycles. The highest BCUT2D eigenvalue weighted by molar-refractivity contribution is 7.92. The fraction of sp³-hybridized carbons (Fsp3) is 0.350. The summed E-state index contributed by atoms with van der Waals surface area (Å²) in [5, 5.41) is 2.82. The van der Waals surface area contributed by atoms with E-state index < -0.39 is 15.6 Å². The van der Waals surface area contributed by atoms with Crippen molar-refractivity contribution in [3.05, 3.63) is 59.7 Å². The van der Waals surface area contributed by atoms with Crippen LogP contribution in [0.3, 0.4) is 0 Å². The number of carbonyl (C=O) groups is 1. The van der Waals surface area contributed by atoms with E-state index in [0.29, 0.717) is 17.8 Å². The van der Waals surface area contributed by atoms with E-state index in [1.807, 2.05) is 38.1 Å². The summed E-state index contributed by atoms with van der Waals surface area (Å²) in [4.78, 5) is 12.6. The van der Waals surface area contributed by atoms with Gasteiger partial charge in [-0.25, -0.2) is 8.42 Å². The molecule has 0 saturated carbocycles. The molecule has 1 aliphatic rings.